The summed E-state index contributed by atoms with van der Waals surface area (Å²) >= 11 is 0. The highest BCUT2D eigenvalue weighted by Gasteiger charge is 2.18. The van der Waals surface area contributed by atoms with E-state index in [1.807, 2.05) is 0 Å². The lowest BCUT2D eigenvalue weighted by Gasteiger charge is -2.11. The molecule has 1 aromatic carbocycles. The molecular weight excluding hydrogens is 304 g/mol. The number of amides is 2. The van der Waals surface area contributed by atoms with Gasteiger partial charge in [-0.05, 0) is 12.1 Å². The summed E-state index contributed by atoms with van der Waals surface area (Å²) in [5.41, 5.74) is 0.196. The van der Waals surface area contributed by atoms with Gasteiger partial charge in [-0.15, -0.1) is 0 Å². The Bertz CT molecular complexity index is 589. The van der Waals surface area contributed by atoms with Crippen LogP contribution in [-0.2, 0) is 9.53 Å². The largest absolute Gasteiger partial charge is 0.383 e. The Balaban J connectivity index is 2.84. The molecule has 1 rings (SSSR count). The first-order valence-corrected chi connectivity index (χ1v) is 6.86. The Morgan fingerprint density at radius 1 is 1.35 bits per heavy atom. The summed E-state index contributed by atoms with van der Waals surface area (Å²) in [5, 5.41) is 16.4. The number of carbonyl (C=O) groups excluding carboxylic acids is 2. The second-order valence-corrected chi connectivity index (χ2v) is 4.88. The number of nitrogens with zero attached hydrogens (tertiary/aromatic N) is 2. The highest BCUT2D eigenvalue weighted by Crippen LogP contribution is 2.25. The Hall–Kier alpha value is -2.68. The van der Waals surface area contributed by atoms with Crippen LogP contribution in [0.2, 0.25) is 0 Å². The maximum absolute atomic E-state index is 12.0. The van der Waals surface area contributed by atoms with E-state index in [-0.39, 0.29) is 23.7 Å². The fraction of sp³-hybridized carbons (Fsp3) is 0.429. The van der Waals surface area contributed by atoms with Crippen LogP contribution in [0.25, 0.3) is 0 Å². The molecule has 126 valence electrons. The average Bonchev–Trinajstić information content (AvgIpc) is 2.52. The first-order chi connectivity index (χ1) is 10.9. The number of nitrogens with one attached hydrogen (secondary N) is 2. The van der Waals surface area contributed by atoms with Gasteiger partial charge in [-0.3, -0.25) is 19.7 Å². The highest BCUT2D eigenvalue weighted by molar-refractivity contribution is 5.97. The molecular formula is C14H20N4O5. The van der Waals surface area contributed by atoms with Gasteiger partial charge in [-0.1, -0.05) is 0 Å². The monoisotopic (exact) mass is 324 g/mol. The number of anilines is 1. The molecule has 0 unspecified atom stereocenters. The standard InChI is InChI=1S/C14H20N4O5/c1-17(2)13(19)9-16-14(20)10-4-5-11(15-6-7-23-3)12(8-10)18(21)22/h4-5,8,15H,6-7,9H2,1-3H3,(H,16,20). The molecule has 0 atom stereocenters. The van der Waals surface area contributed by atoms with Crippen LogP contribution in [0.1, 0.15) is 10.4 Å². The predicted octanol–water partition coefficient (Wildman–Crippen LogP) is 0.471. The molecule has 9 nitrogen and oxygen atoms in total. The second-order valence-electron chi connectivity index (χ2n) is 4.88. The van der Waals surface area contributed by atoms with Crippen molar-refractivity contribution in [2.45, 2.75) is 0 Å². The van der Waals surface area contributed by atoms with E-state index in [9.17, 15) is 19.7 Å². The highest BCUT2D eigenvalue weighted by atomic mass is 16.6. The van der Waals surface area contributed by atoms with Crippen molar-refractivity contribution in [3.05, 3.63) is 33.9 Å². The summed E-state index contributed by atoms with van der Waals surface area (Å²) in [7, 11) is 4.66. The Kier molecular flexibility index (Phi) is 6.94. The van der Waals surface area contributed by atoms with Crippen molar-refractivity contribution in [1.82, 2.24) is 10.2 Å². The van der Waals surface area contributed by atoms with Crippen LogP contribution in [0, 0.1) is 10.1 Å². The maximum atomic E-state index is 12.0. The smallest absolute Gasteiger partial charge is 0.293 e. The quantitative estimate of drug-likeness (QED) is 0.408. The first-order valence-electron chi connectivity index (χ1n) is 6.86. The molecule has 1 aromatic rings. The van der Waals surface area contributed by atoms with E-state index >= 15 is 0 Å². The number of nitro benzene ring substituents is 1. The molecule has 0 saturated heterocycles. The number of likely N-dealkylation sites (N-methyl/N-ethyl adjacent to an activating group) is 1. The lowest BCUT2D eigenvalue weighted by atomic mass is 10.1. The van der Waals surface area contributed by atoms with Gasteiger partial charge in [0.15, 0.2) is 0 Å². The van der Waals surface area contributed by atoms with Gasteiger partial charge < -0.3 is 20.3 Å². The fourth-order valence-electron chi connectivity index (χ4n) is 1.68. The minimum Gasteiger partial charge on any atom is -0.383 e. The molecule has 0 aliphatic heterocycles. The van der Waals surface area contributed by atoms with Crippen LogP contribution in [0.3, 0.4) is 0 Å². The summed E-state index contributed by atoms with van der Waals surface area (Å²) in [6.45, 7) is 0.625. The minimum atomic E-state index is -0.573. The number of methoxy groups -OCH3 is 1. The number of hydrogen-bond donors (Lipinski definition) is 2. The van der Waals surface area contributed by atoms with Gasteiger partial charge >= 0.3 is 0 Å². The Morgan fingerprint density at radius 3 is 2.61 bits per heavy atom. The van der Waals surface area contributed by atoms with Crippen molar-refractivity contribution < 1.29 is 19.2 Å². The second kappa shape index (κ2) is 8.69. The Labute approximate surface area is 133 Å². The van der Waals surface area contributed by atoms with Crippen LogP contribution < -0.4 is 10.6 Å². The van der Waals surface area contributed by atoms with Crippen LogP contribution in [0.5, 0.6) is 0 Å². The molecule has 9 heteroatoms. The van der Waals surface area contributed by atoms with Crippen LogP contribution in [-0.4, -0.2) is 62.5 Å². The summed E-state index contributed by atoms with van der Waals surface area (Å²) < 4.78 is 4.87. The molecule has 2 amide bonds. The van der Waals surface area contributed by atoms with Crippen molar-refractivity contribution >= 4 is 23.2 Å². The maximum Gasteiger partial charge on any atom is 0.293 e. The molecule has 0 bridgehead atoms. The number of ether oxygens (including phenoxy) is 1. The third-order valence-electron chi connectivity index (χ3n) is 2.98. The molecule has 0 aliphatic carbocycles. The lowest BCUT2D eigenvalue weighted by Crippen LogP contribution is -2.36. The van der Waals surface area contributed by atoms with E-state index in [0.29, 0.717) is 18.8 Å². The summed E-state index contributed by atoms with van der Waals surface area (Å²) in [6, 6.07) is 4.08. The minimum absolute atomic E-state index is 0.112. The molecule has 0 spiro atoms. The van der Waals surface area contributed by atoms with Crippen molar-refractivity contribution in [2.24, 2.45) is 0 Å². The van der Waals surface area contributed by atoms with Crippen molar-refractivity contribution in [1.29, 1.82) is 0 Å². The van der Waals surface area contributed by atoms with Crippen LogP contribution in [0.4, 0.5) is 11.4 Å². The van der Waals surface area contributed by atoms with Gasteiger partial charge in [0.2, 0.25) is 5.91 Å². The number of carbonyl (C=O) groups is 2. The molecule has 0 saturated carbocycles. The van der Waals surface area contributed by atoms with Gasteiger partial charge in [0.05, 0.1) is 18.1 Å². The Morgan fingerprint density at radius 2 is 2.04 bits per heavy atom. The predicted molar refractivity (Wildman–Crippen MR) is 84.5 cm³/mol. The van der Waals surface area contributed by atoms with Crippen molar-refractivity contribution in [3.63, 3.8) is 0 Å². The third kappa shape index (κ3) is 5.55. The van der Waals surface area contributed by atoms with E-state index in [4.69, 9.17) is 4.74 Å². The van der Waals surface area contributed by atoms with E-state index in [1.165, 1.54) is 30.2 Å². The van der Waals surface area contributed by atoms with Gasteiger partial charge in [0.1, 0.15) is 5.69 Å². The van der Waals surface area contributed by atoms with E-state index in [1.54, 1.807) is 14.1 Å². The number of nitro groups is 1. The lowest BCUT2D eigenvalue weighted by molar-refractivity contribution is -0.384. The zero-order chi connectivity index (χ0) is 17.4. The first kappa shape index (κ1) is 18.4. The molecule has 0 radical (unpaired) electrons. The molecule has 0 aliphatic rings. The number of benzene rings is 1. The summed E-state index contributed by atoms with van der Waals surface area (Å²) in [6.07, 6.45) is 0. The summed E-state index contributed by atoms with van der Waals surface area (Å²) in [4.78, 5) is 35.3. The molecule has 0 heterocycles. The molecule has 23 heavy (non-hydrogen) atoms. The fourth-order valence-corrected chi connectivity index (χ4v) is 1.68. The van der Waals surface area contributed by atoms with E-state index < -0.39 is 10.8 Å². The van der Waals surface area contributed by atoms with E-state index in [2.05, 4.69) is 10.6 Å². The SMILES string of the molecule is COCCNc1ccc(C(=O)NCC(=O)N(C)C)cc1[N+](=O)[O-]. The zero-order valence-corrected chi connectivity index (χ0v) is 13.3. The topological polar surface area (TPSA) is 114 Å². The van der Waals surface area contributed by atoms with Crippen molar-refractivity contribution in [3.8, 4) is 0 Å². The molecule has 2 N–H and O–H groups in total. The number of hydrogen-bond acceptors (Lipinski definition) is 6. The van der Waals surface area contributed by atoms with Gasteiger partial charge in [0.25, 0.3) is 11.6 Å². The molecule has 0 fully saturated rings. The zero-order valence-electron chi connectivity index (χ0n) is 13.3. The van der Waals surface area contributed by atoms with Crippen molar-refractivity contribution in [2.75, 3.05) is 46.2 Å². The van der Waals surface area contributed by atoms with Gasteiger partial charge in [-0.25, -0.2) is 0 Å². The van der Waals surface area contributed by atoms with Gasteiger partial charge in [0, 0.05) is 39.4 Å². The average molecular weight is 324 g/mol. The van der Waals surface area contributed by atoms with Crippen LogP contribution in [0.15, 0.2) is 18.2 Å². The van der Waals surface area contributed by atoms with E-state index in [0.717, 1.165) is 0 Å². The van der Waals surface area contributed by atoms with Gasteiger partial charge in [-0.2, -0.15) is 0 Å². The summed E-state index contributed by atoms with van der Waals surface area (Å²) in [5.74, 6) is -0.822. The normalized spacial score (nSPS) is 10.0. The number of rotatable bonds is 8. The third-order valence-corrected chi connectivity index (χ3v) is 2.98. The molecule has 0 aromatic heterocycles. The van der Waals surface area contributed by atoms with Crippen LogP contribution >= 0.6 is 0 Å².